The number of hydrogen-bond acceptors (Lipinski definition) is 6. The van der Waals surface area contributed by atoms with E-state index < -0.39 is 0 Å². The summed E-state index contributed by atoms with van der Waals surface area (Å²) in [6, 6.07) is 3.26. The lowest BCUT2D eigenvalue weighted by molar-refractivity contribution is 0.0737. The number of likely N-dealkylation sites (N-methyl/N-ethyl adjacent to an activating group) is 1. The first-order valence-electron chi connectivity index (χ1n) is 7.78. The number of carbonyl (C=O) groups is 1. The van der Waals surface area contributed by atoms with E-state index in [-0.39, 0.29) is 36.6 Å². The molecule has 1 aliphatic rings. The molecule has 0 saturated carbocycles. The van der Waals surface area contributed by atoms with Crippen molar-refractivity contribution in [2.24, 2.45) is 0 Å². The molecule has 0 aliphatic carbocycles. The van der Waals surface area contributed by atoms with Gasteiger partial charge in [0.15, 0.2) is 17.3 Å². The average Bonchev–Trinajstić information content (AvgIpc) is 2.59. The number of rotatable bonds is 6. The van der Waals surface area contributed by atoms with Gasteiger partial charge in [0.2, 0.25) is 5.75 Å². The summed E-state index contributed by atoms with van der Waals surface area (Å²) in [4.78, 5) is 17.3. The minimum absolute atomic E-state index is 0. The second-order valence-electron chi connectivity index (χ2n) is 5.79. The van der Waals surface area contributed by atoms with E-state index in [0.717, 1.165) is 26.2 Å². The van der Waals surface area contributed by atoms with Crippen molar-refractivity contribution in [3.05, 3.63) is 17.7 Å². The maximum absolute atomic E-state index is 12.9. The smallest absolute Gasteiger partial charge is 0.203 e. The summed E-state index contributed by atoms with van der Waals surface area (Å²) >= 11 is 0. The Bertz CT molecular complexity index is 539. The van der Waals surface area contributed by atoms with Gasteiger partial charge in [0, 0.05) is 31.7 Å². The van der Waals surface area contributed by atoms with E-state index >= 15 is 0 Å². The molecule has 1 heterocycles. The summed E-state index contributed by atoms with van der Waals surface area (Å²) in [7, 11) is 6.75. The van der Waals surface area contributed by atoms with Crippen molar-refractivity contribution in [3.8, 4) is 17.2 Å². The third kappa shape index (κ3) is 5.38. The predicted molar refractivity (Wildman–Crippen MR) is 103 cm³/mol. The van der Waals surface area contributed by atoms with Crippen LogP contribution < -0.4 is 14.2 Å². The van der Waals surface area contributed by atoms with Crippen LogP contribution in [0.5, 0.6) is 17.2 Å². The molecular weight excluding hydrogens is 367 g/mol. The summed E-state index contributed by atoms with van der Waals surface area (Å²) < 4.78 is 16.0. The number of Topliss-reactive ketones (excluding diaryl/α,β-unsaturated/α-hetero) is 1. The Morgan fingerprint density at radius 2 is 1.44 bits per heavy atom. The molecule has 1 aromatic rings. The van der Waals surface area contributed by atoms with Crippen LogP contribution in [-0.4, -0.2) is 76.2 Å². The fourth-order valence-electron chi connectivity index (χ4n) is 2.84. The largest absolute Gasteiger partial charge is 0.493 e. The van der Waals surface area contributed by atoms with Gasteiger partial charge in [-0.25, -0.2) is 0 Å². The highest BCUT2D eigenvalue weighted by atomic mass is 35.5. The van der Waals surface area contributed by atoms with Gasteiger partial charge in [0.05, 0.1) is 27.4 Å². The zero-order valence-corrected chi connectivity index (χ0v) is 17.0. The molecule has 1 atom stereocenters. The van der Waals surface area contributed by atoms with Crippen LogP contribution in [0.1, 0.15) is 17.3 Å². The summed E-state index contributed by atoms with van der Waals surface area (Å²) in [6.07, 6.45) is 0. The van der Waals surface area contributed by atoms with Gasteiger partial charge in [-0.05, 0) is 26.1 Å². The van der Waals surface area contributed by atoms with E-state index in [1.165, 1.54) is 0 Å². The Hall–Kier alpha value is -1.21. The van der Waals surface area contributed by atoms with Crippen LogP contribution in [-0.2, 0) is 0 Å². The second kappa shape index (κ2) is 10.7. The van der Waals surface area contributed by atoms with Gasteiger partial charge < -0.3 is 19.1 Å². The third-order valence-electron chi connectivity index (χ3n) is 4.41. The molecule has 0 spiro atoms. The number of benzene rings is 1. The predicted octanol–water partition coefficient (Wildman–Crippen LogP) is 2.37. The van der Waals surface area contributed by atoms with Gasteiger partial charge in [-0.15, -0.1) is 24.8 Å². The molecule has 1 aliphatic heterocycles. The van der Waals surface area contributed by atoms with E-state index in [9.17, 15) is 4.79 Å². The van der Waals surface area contributed by atoms with Crippen LogP contribution in [0.15, 0.2) is 12.1 Å². The maximum atomic E-state index is 12.9. The molecule has 25 heavy (non-hydrogen) atoms. The fourth-order valence-corrected chi connectivity index (χ4v) is 2.84. The van der Waals surface area contributed by atoms with Crippen molar-refractivity contribution < 1.29 is 19.0 Å². The third-order valence-corrected chi connectivity index (χ3v) is 4.41. The van der Waals surface area contributed by atoms with Gasteiger partial charge >= 0.3 is 0 Å². The molecule has 6 nitrogen and oxygen atoms in total. The van der Waals surface area contributed by atoms with E-state index in [1.54, 1.807) is 33.5 Å². The Labute approximate surface area is 162 Å². The minimum atomic E-state index is -0.175. The summed E-state index contributed by atoms with van der Waals surface area (Å²) in [5, 5.41) is 0. The van der Waals surface area contributed by atoms with Gasteiger partial charge in [-0.2, -0.15) is 0 Å². The monoisotopic (exact) mass is 394 g/mol. The number of ether oxygens (including phenoxy) is 3. The number of hydrogen-bond donors (Lipinski definition) is 0. The molecular formula is C17H28Cl2N2O4. The van der Waals surface area contributed by atoms with E-state index in [1.807, 2.05) is 6.92 Å². The van der Waals surface area contributed by atoms with Gasteiger partial charge in [-0.1, -0.05) is 0 Å². The molecule has 144 valence electrons. The number of halogens is 2. The molecule has 8 heteroatoms. The molecule has 1 saturated heterocycles. The molecule has 0 N–H and O–H groups in total. The lowest BCUT2D eigenvalue weighted by Crippen LogP contribution is -2.50. The lowest BCUT2D eigenvalue weighted by Gasteiger charge is -2.35. The van der Waals surface area contributed by atoms with Crippen molar-refractivity contribution >= 4 is 30.6 Å². The Balaban J connectivity index is 0.00000288. The minimum Gasteiger partial charge on any atom is -0.493 e. The highest BCUT2D eigenvalue weighted by molar-refractivity contribution is 6.01. The van der Waals surface area contributed by atoms with Crippen molar-refractivity contribution in [2.45, 2.75) is 13.0 Å². The maximum Gasteiger partial charge on any atom is 0.203 e. The molecule has 1 unspecified atom stereocenters. The van der Waals surface area contributed by atoms with Crippen LogP contribution in [0.25, 0.3) is 0 Å². The first kappa shape index (κ1) is 23.8. The molecule has 0 radical (unpaired) electrons. The zero-order valence-electron chi connectivity index (χ0n) is 15.4. The van der Waals surface area contributed by atoms with Gasteiger partial charge in [0.1, 0.15) is 0 Å². The standard InChI is InChI=1S/C17H26N2O4.2ClH/c1-12(19-8-6-18(2)7-9-19)16(20)13-10-14(21-3)17(23-5)15(11-13)22-4;;/h10-12H,6-9H2,1-5H3;2*1H. The number of nitrogens with zero attached hydrogens (tertiary/aromatic N) is 2. The highest BCUT2D eigenvalue weighted by Crippen LogP contribution is 2.38. The van der Waals surface area contributed by atoms with Crippen molar-refractivity contribution in [1.29, 1.82) is 0 Å². The molecule has 0 amide bonds. The number of carbonyl (C=O) groups excluding carboxylic acids is 1. The molecule has 1 aromatic carbocycles. The van der Waals surface area contributed by atoms with Crippen molar-refractivity contribution in [2.75, 3.05) is 54.6 Å². The second-order valence-corrected chi connectivity index (χ2v) is 5.79. The Morgan fingerprint density at radius 1 is 0.960 bits per heavy atom. The first-order chi connectivity index (χ1) is 11.0. The van der Waals surface area contributed by atoms with Crippen LogP contribution in [0, 0.1) is 0 Å². The van der Waals surface area contributed by atoms with E-state index in [0.29, 0.717) is 22.8 Å². The summed E-state index contributed by atoms with van der Waals surface area (Å²) in [6.45, 7) is 5.71. The van der Waals surface area contributed by atoms with Crippen LogP contribution >= 0.6 is 24.8 Å². The molecule has 2 rings (SSSR count). The normalized spacial score (nSPS) is 16.2. The SMILES string of the molecule is COc1cc(C(=O)C(C)N2CCN(C)CC2)cc(OC)c1OC.Cl.Cl. The number of ketones is 1. The van der Waals surface area contributed by atoms with Crippen molar-refractivity contribution in [3.63, 3.8) is 0 Å². The average molecular weight is 395 g/mol. The number of methoxy groups -OCH3 is 3. The number of piperazine rings is 1. The summed E-state index contributed by atoms with van der Waals surface area (Å²) in [5.41, 5.74) is 0.575. The molecule has 0 aromatic heterocycles. The van der Waals surface area contributed by atoms with E-state index in [2.05, 4.69) is 16.8 Å². The first-order valence-corrected chi connectivity index (χ1v) is 7.78. The Morgan fingerprint density at radius 3 is 1.84 bits per heavy atom. The lowest BCUT2D eigenvalue weighted by atomic mass is 10.0. The van der Waals surface area contributed by atoms with Gasteiger partial charge in [-0.3, -0.25) is 9.69 Å². The fraction of sp³-hybridized carbons (Fsp3) is 0.588. The molecule has 1 fully saturated rings. The zero-order chi connectivity index (χ0) is 17.0. The van der Waals surface area contributed by atoms with Crippen LogP contribution in [0.3, 0.4) is 0 Å². The van der Waals surface area contributed by atoms with Crippen LogP contribution in [0.4, 0.5) is 0 Å². The van der Waals surface area contributed by atoms with Gasteiger partial charge in [0.25, 0.3) is 0 Å². The van der Waals surface area contributed by atoms with E-state index in [4.69, 9.17) is 14.2 Å². The highest BCUT2D eigenvalue weighted by Gasteiger charge is 2.27. The molecule has 0 bridgehead atoms. The van der Waals surface area contributed by atoms with Crippen molar-refractivity contribution in [1.82, 2.24) is 9.80 Å². The topological polar surface area (TPSA) is 51.2 Å². The summed E-state index contributed by atoms with van der Waals surface area (Å²) in [5.74, 6) is 1.56. The Kier molecular flexibility index (Phi) is 10.2. The quantitative estimate of drug-likeness (QED) is 0.690. The van der Waals surface area contributed by atoms with Crippen LogP contribution in [0.2, 0.25) is 0 Å².